The smallest absolute Gasteiger partial charge is 0.234 e. The second-order valence-electron chi connectivity index (χ2n) is 6.83. The van der Waals surface area contributed by atoms with E-state index >= 15 is 0 Å². The molecule has 0 aliphatic carbocycles. The van der Waals surface area contributed by atoms with E-state index in [4.69, 9.17) is 11.6 Å². The molecule has 0 saturated carbocycles. The Morgan fingerprint density at radius 2 is 1.81 bits per heavy atom. The number of anilines is 1. The quantitative estimate of drug-likeness (QED) is 0.291. The molecule has 1 amide bonds. The highest BCUT2D eigenvalue weighted by molar-refractivity contribution is 9.10. The van der Waals surface area contributed by atoms with Gasteiger partial charge in [0.2, 0.25) is 5.91 Å². The summed E-state index contributed by atoms with van der Waals surface area (Å²) in [5.41, 5.74) is 2.06. The molecule has 0 unspecified atom stereocenters. The minimum absolute atomic E-state index is 0.0482. The first-order valence-electron chi connectivity index (χ1n) is 9.61. The second-order valence-corrected chi connectivity index (χ2v) is 9.13. The van der Waals surface area contributed by atoms with Crippen LogP contribution in [0.25, 0.3) is 5.69 Å². The van der Waals surface area contributed by atoms with Crippen LogP contribution < -0.4 is 5.32 Å². The molecule has 0 radical (unpaired) electrons. The lowest BCUT2D eigenvalue weighted by atomic mass is 10.1. The van der Waals surface area contributed by atoms with Gasteiger partial charge in [-0.05, 0) is 48.0 Å². The molecule has 0 bridgehead atoms. The van der Waals surface area contributed by atoms with Gasteiger partial charge in [-0.2, -0.15) is 0 Å². The number of carbonyl (C=O) groups excluding carboxylic acids is 1. The van der Waals surface area contributed by atoms with Crippen molar-refractivity contribution in [2.75, 3.05) is 11.1 Å². The van der Waals surface area contributed by atoms with Crippen LogP contribution in [-0.2, 0) is 11.2 Å². The zero-order valence-corrected chi connectivity index (χ0v) is 19.8. The maximum absolute atomic E-state index is 14.0. The zero-order valence-electron chi connectivity index (χ0n) is 16.6. The van der Waals surface area contributed by atoms with Gasteiger partial charge in [-0.15, -0.1) is 10.2 Å². The first kappa shape index (κ1) is 22.5. The number of amides is 1. The van der Waals surface area contributed by atoms with E-state index in [1.807, 2.05) is 47.0 Å². The molecule has 1 N–H and O–H groups in total. The van der Waals surface area contributed by atoms with Crippen LogP contribution in [0.5, 0.6) is 0 Å². The summed E-state index contributed by atoms with van der Waals surface area (Å²) < 4.78 is 16.5. The summed E-state index contributed by atoms with van der Waals surface area (Å²) in [4.78, 5) is 12.4. The van der Waals surface area contributed by atoms with Crippen LogP contribution in [0.4, 0.5) is 10.1 Å². The van der Waals surface area contributed by atoms with Crippen LogP contribution in [-0.4, -0.2) is 26.4 Å². The third-order valence-electron chi connectivity index (χ3n) is 4.53. The number of carbonyl (C=O) groups is 1. The van der Waals surface area contributed by atoms with E-state index in [-0.39, 0.29) is 17.3 Å². The molecule has 0 aliphatic rings. The fourth-order valence-corrected chi connectivity index (χ4v) is 4.27. The van der Waals surface area contributed by atoms with Gasteiger partial charge in [0.15, 0.2) is 5.16 Å². The van der Waals surface area contributed by atoms with Crippen molar-refractivity contribution in [3.05, 3.63) is 99.5 Å². The standard InChI is InChI=1S/C23H17BrClFN4OS/c24-16-6-11-20(19(26)13-16)27-22(31)14-32-23-29-28-21(12-15-4-2-1-3-5-15)30(23)18-9-7-17(25)8-10-18/h1-11,13H,12,14H2,(H,27,31). The van der Waals surface area contributed by atoms with Crippen molar-refractivity contribution in [1.82, 2.24) is 14.8 Å². The monoisotopic (exact) mass is 530 g/mol. The summed E-state index contributed by atoms with van der Waals surface area (Å²) in [6.45, 7) is 0. The lowest BCUT2D eigenvalue weighted by Gasteiger charge is -2.11. The molecular weight excluding hydrogens is 515 g/mol. The Morgan fingerprint density at radius 1 is 1.06 bits per heavy atom. The van der Waals surface area contributed by atoms with Crippen molar-refractivity contribution < 1.29 is 9.18 Å². The first-order valence-corrected chi connectivity index (χ1v) is 11.8. The van der Waals surface area contributed by atoms with Gasteiger partial charge >= 0.3 is 0 Å². The molecule has 0 atom stereocenters. The molecule has 0 fully saturated rings. The molecule has 4 rings (SSSR count). The summed E-state index contributed by atoms with van der Waals surface area (Å²) in [5, 5.41) is 12.4. The Morgan fingerprint density at radius 3 is 2.53 bits per heavy atom. The number of nitrogens with one attached hydrogen (secondary N) is 1. The Labute approximate surface area is 202 Å². The maximum Gasteiger partial charge on any atom is 0.234 e. The van der Waals surface area contributed by atoms with Crippen LogP contribution in [0, 0.1) is 5.82 Å². The van der Waals surface area contributed by atoms with Crippen LogP contribution in [0.1, 0.15) is 11.4 Å². The summed E-state index contributed by atoms with van der Waals surface area (Å²) in [7, 11) is 0. The zero-order chi connectivity index (χ0) is 22.5. The third-order valence-corrected chi connectivity index (χ3v) is 6.20. The number of benzene rings is 3. The van der Waals surface area contributed by atoms with Gasteiger partial charge in [0.05, 0.1) is 11.4 Å². The van der Waals surface area contributed by atoms with Crippen molar-refractivity contribution in [1.29, 1.82) is 0 Å². The molecule has 3 aromatic carbocycles. The van der Waals surface area contributed by atoms with E-state index in [9.17, 15) is 9.18 Å². The lowest BCUT2D eigenvalue weighted by molar-refractivity contribution is -0.113. The highest BCUT2D eigenvalue weighted by atomic mass is 79.9. The maximum atomic E-state index is 14.0. The molecule has 1 aromatic heterocycles. The third kappa shape index (κ3) is 5.56. The predicted octanol–water partition coefficient (Wildman–Crippen LogP) is 6.14. The number of thioether (sulfide) groups is 1. The molecule has 0 saturated heterocycles. The van der Waals surface area contributed by atoms with Crippen molar-refractivity contribution in [3.63, 3.8) is 0 Å². The molecular formula is C23H17BrClFN4OS. The molecule has 0 spiro atoms. The van der Waals surface area contributed by atoms with Crippen LogP contribution >= 0.6 is 39.3 Å². The molecule has 162 valence electrons. The summed E-state index contributed by atoms with van der Waals surface area (Å²) in [5.74, 6) is -0.0638. The Bertz CT molecular complexity index is 1230. The summed E-state index contributed by atoms with van der Waals surface area (Å²) in [6.07, 6.45) is 0.577. The molecule has 1 heterocycles. The minimum atomic E-state index is -0.507. The summed E-state index contributed by atoms with van der Waals surface area (Å²) in [6, 6.07) is 21.8. The van der Waals surface area contributed by atoms with Gasteiger partial charge in [0.25, 0.3) is 0 Å². The van der Waals surface area contributed by atoms with E-state index in [0.717, 1.165) is 17.1 Å². The summed E-state index contributed by atoms with van der Waals surface area (Å²) >= 11 is 10.5. The number of halogens is 3. The molecule has 9 heteroatoms. The highest BCUT2D eigenvalue weighted by Gasteiger charge is 2.17. The number of aromatic nitrogens is 3. The van der Waals surface area contributed by atoms with Gasteiger partial charge in [-0.1, -0.05) is 69.6 Å². The van der Waals surface area contributed by atoms with Crippen LogP contribution in [0.2, 0.25) is 5.02 Å². The number of nitrogens with zero attached hydrogens (tertiary/aromatic N) is 3. The van der Waals surface area contributed by atoms with Gasteiger partial charge in [-0.25, -0.2) is 4.39 Å². The van der Waals surface area contributed by atoms with E-state index in [1.54, 1.807) is 18.2 Å². The largest absolute Gasteiger partial charge is 0.323 e. The average Bonchev–Trinajstić information content (AvgIpc) is 3.18. The Kier molecular flexibility index (Phi) is 7.24. The van der Waals surface area contributed by atoms with E-state index in [2.05, 4.69) is 31.4 Å². The number of rotatable bonds is 7. The molecule has 0 aliphatic heterocycles. The van der Waals surface area contributed by atoms with Crippen molar-refractivity contribution in [2.24, 2.45) is 0 Å². The van der Waals surface area contributed by atoms with Crippen molar-refractivity contribution >= 4 is 50.9 Å². The number of hydrogen-bond acceptors (Lipinski definition) is 4. The molecule has 32 heavy (non-hydrogen) atoms. The van der Waals surface area contributed by atoms with Crippen molar-refractivity contribution in [2.45, 2.75) is 11.6 Å². The van der Waals surface area contributed by atoms with Gasteiger partial charge < -0.3 is 5.32 Å². The van der Waals surface area contributed by atoms with Gasteiger partial charge in [0, 0.05) is 21.6 Å². The van der Waals surface area contributed by atoms with Crippen molar-refractivity contribution in [3.8, 4) is 5.69 Å². The molecule has 4 aromatic rings. The van der Waals surface area contributed by atoms with E-state index in [1.165, 1.54) is 23.9 Å². The van der Waals surface area contributed by atoms with Gasteiger partial charge in [-0.3, -0.25) is 9.36 Å². The number of hydrogen-bond donors (Lipinski definition) is 1. The Hall–Kier alpha value is -2.68. The van der Waals surface area contributed by atoms with Crippen LogP contribution in [0.3, 0.4) is 0 Å². The first-order chi connectivity index (χ1) is 15.5. The lowest BCUT2D eigenvalue weighted by Crippen LogP contribution is -2.15. The SMILES string of the molecule is O=C(CSc1nnc(Cc2ccccc2)n1-c1ccc(Cl)cc1)Nc1ccc(Br)cc1F. The van der Waals surface area contributed by atoms with Gasteiger partial charge in [0.1, 0.15) is 11.6 Å². The average molecular weight is 532 g/mol. The second kappa shape index (κ2) is 10.3. The minimum Gasteiger partial charge on any atom is -0.323 e. The van der Waals surface area contributed by atoms with E-state index in [0.29, 0.717) is 21.1 Å². The Balaban J connectivity index is 1.55. The molecule has 5 nitrogen and oxygen atoms in total. The van der Waals surface area contributed by atoms with Crippen LogP contribution in [0.15, 0.2) is 82.4 Å². The highest BCUT2D eigenvalue weighted by Crippen LogP contribution is 2.25. The topological polar surface area (TPSA) is 59.8 Å². The fourth-order valence-electron chi connectivity index (χ4n) is 3.04. The normalized spacial score (nSPS) is 10.8. The fraction of sp³-hybridized carbons (Fsp3) is 0.0870. The predicted molar refractivity (Wildman–Crippen MR) is 129 cm³/mol. The van der Waals surface area contributed by atoms with E-state index < -0.39 is 5.82 Å².